The van der Waals surface area contributed by atoms with Gasteiger partial charge in [0.15, 0.2) is 12.7 Å². The van der Waals surface area contributed by atoms with E-state index in [9.17, 15) is 9.59 Å². The second-order valence-corrected chi connectivity index (χ2v) is 4.68. The van der Waals surface area contributed by atoms with E-state index in [2.05, 4.69) is 0 Å². The van der Waals surface area contributed by atoms with Crippen LogP contribution in [0.1, 0.15) is 18.1 Å². The number of carbonyl (C=O) groups excluding carboxylic acids is 1. The molecule has 1 aliphatic rings. The largest absolute Gasteiger partial charge is 0.521 e. The lowest BCUT2D eigenvalue weighted by Gasteiger charge is -2.08. The standard InChI is InChI=1S/C14H16N2O3/c1-3-16-12(11-6-4-10(2)5-7-11)8-15(14(16)19)9-13(17)18/h4-8H,3,9H2,1-2H3,(H,17,18)/p+2. The number of carbonyl (C=O) groups is 2. The molecule has 5 heteroatoms. The highest BCUT2D eigenvalue weighted by Crippen LogP contribution is 2.10. The van der Waals surface area contributed by atoms with Crippen molar-refractivity contribution in [1.29, 1.82) is 0 Å². The molecule has 2 rings (SSSR count). The van der Waals surface area contributed by atoms with E-state index in [0.29, 0.717) is 16.3 Å². The number of hydrogen-bond donors (Lipinski definition) is 3. The zero-order valence-corrected chi connectivity index (χ0v) is 11.1. The number of rotatable bonds is 4. The van der Waals surface area contributed by atoms with Gasteiger partial charge in [-0.05, 0) is 26.0 Å². The third kappa shape index (κ3) is 2.72. The number of amides is 2. The van der Waals surface area contributed by atoms with Crippen LogP contribution < -0.4 is 9.80 Å². The van der Waals surface area contributed by atoms with Crippen LogP contribution in [0.2, 0.25) is 0 Å². The molecule has 0 spiro atoms. The van der Waals surface area contributed by atoms with E-state index < -0.39 is 5.97 Å². The topological polar surface area (TPSA) is 63.2 Å². The molecule has 2 atom stereocenters. The van der Waals surface area contributed by atoms with E-state index in [0.717, 1.165) is 16.8 Å². The van der Waals surface area contributed by atoms with Crippen molar-refractivity contribution in [3.63, 3.8) is 0 Å². The fraction of sp³-hybridized carbons (Fsp3) is 0.286. The van der Waals surface area contributed by atoms with Crippen molar-refractivity contribution in [1.82, 2.24) is 0 Å². The van der Waals surface area contributed by atoms with Crippen LogP contribution in [0.4, 0.5) is 4.79 Å². The van der Waals surface area contributed by atoms with Crippen molar-refractivity contribution >= 4 is 17.7 Å². The Morgan fingerprint density at radius 1 is 1.26 bits per heavy atom. The smallest absolute Gasteiger partial charge is 0.477 e. The van der Waals surface area contributed by atoms with Crippen LogP contribution in [0.15, 0.2) is 30.5 Å². The first kappa shape index (κ1) is 13.5. The number of carboxylic acids is 1. The van der Waals surface area contributed by atoms with Crippen LogP contribution in [-0.2, 0) is 4.79 Å². The van der Waals surface area contributed by atoms with Gasteiger partial charge in [0.2, 0.25) is 5.70 Å². The zero-order valence-electron chi connectivity index (χ0n) is 11.1. The Bertz CT molecular complexity index is 534. The minimum Gasteiger partial charge on any atom is -0.477 e. The van der Waals surface area contributed by atoms with E-state index >= 15 is 0 Å². The Hall–Kier alpha value is -1.98. The van der Waals surface area contributed by atoms with Gasteiger partial charge in [-0.2, -0.15) is 14.6 Å². The molecule has 19 heavy (non-hydrogen) atoms. The highest BCUT2D eigenvalue weighted by atomic mass is 16.4. The van der Waals surface area contributed by atoms with Crippen LogP contribution >= 0.6 is 0 Å². The Balaban J connectivity index is 2.33. The van der Waals surface area contributed by atoms with Gasteiger partial charge in [0, 0.05) is 5.56 Å². The average molecular weight is 262 g/mol. The fourth-order valence-electron chi connectivity index (χ4n) is 2.28. The highest BCUT2D eigenvalue weighted by Gasteiger charge is 2.42. The number of hydrogen-bond acceptors (Lipinski definition) is 2. The first-order valence-corrected chi connectivity index (χ1v) is 6.30. The Morgan fingerprint density at radius 3 is 2.42 bits per heavy atom. The van der Waals surface area contributed by atoms with Gasteiger partial charge in [-0.3, -0.25) is 0 Å². The molecule has 1 aromatic carbocycles. The summed E-state index contributed by atoms with van der Waals surface area (Å²) in [5.74, 6) is -0.972. The molecule has 3 N–H and O–H groups in total. The summed E-state index contributed by atoms with van der Waals surface area (Å²) in [6.07, 6.45) is 1.72. The summed E-state index contributed by atoms with van der Waals surface area (Å²) < 4.78 is 0. The second kappa shape index (κ2) is 5.34. The molecule has 0 aliphatic carbocycles. The molecular formula is C14H18N2O3+2. The molecule has 2 unspecified atom stereocenters. The molecule has 2 amide bonds. The molecular weight excluding hydrogens is 244 g/mol. The van der Waals surface area contributed by atoms with Crippen molar-refractivity contribution in [2.45, 2.75) is 13.8 Å². The van der Waals surface area contributed by atoms with E-state index in [1.165, 1.54) is 0 Å². The van der Waals surface area contributed by atoms with Crippen molar-refractivity contribution in [3.05, 3.63) is 41.6 Å². The maximum atomic E-state index is 12.1. The van der Waals surface area contributed by atoms with E-state index in [1.807, 2.05) is 38.1 Å². The predicted molar refractivity (Wildman–Crippen MR) is 69.5 cm³/mol. The summed E-state index contributed by atoms with van der Waals surface area (Å²) >= 11 is 0. The molecule has 5 nitrogen and oxygen atoms in total. The minimum atomic E-state index is -0.972. The van der Waals surface area contributed by atoms with Crippen molar-refractivity contribution in [3.8, 4) is 0 Å². The molecule has 1 heterocycles. The first-order chi connectivity index (χ1) is 9.02. The lowest BCUT2D eigenvalue weighted by molar-refractivity contribution is -0.852. The lowest BCUT2D eigenvalue weighted by atomic mass is 10.1. The summed E-state index contributed by atoms with van der Waals surface area (Å²) in [6, 6.07) is 7.79. The summed E-state index contributed by atoms with van der Waals surface area (Å²) in [5, 5.41) is 8.83. The van der Waals surface area contributed by atoms with Gasteiger partial charge in [0.1, 0.15) is 0 Å². The molecule has 0 fully saturated rings. The van der Waals surface area contributed by atoms with Crippen LogP contribution in [0.5, 0.6) is 0 Å². The van der Waals surface area contributed by atoms with Gasteiger partial charge in [0.25, 0.3) is 0 Å². The maximum absolute atomic E-state index is 12.1. The molecule has 1 aromatic rings. The molecule has 0 aromatic heterocycles. The Morgan fingerprint density at radius 2 is 1.89 bits per heavy atom. The van der Waals surface area contributed by atoms with Gasteiger partial charge >= 0.3 is 12.0 Å². The third-order valence-corrected chi connectivity index (χ3v) is 3.27. The van der Waals surface area contributed by atoms with Gasteiger partial charge in [-0.25, -0.2) is 4.79 Å². The van der Waals surface area contributed by atoms with Gasteiger partial charge < -0.3 is 5.11 Å². The average Bonchev–Trinajstić information content (AvgIpc) is 2.66. The van der Waals surface area contributed by atoms with Crippen molar-refractivity contribution in [2.24, 2.45) is 0 Å². The quantitative estimate of drug-likeness (QED) is 0.672. The second-order valence-electron chi connectivity index (χ2n) is 4.68. The van der Waals surface area contributed by atoms with Crippen LogP contribution in [0.25, 0.3) is 5.70 Å². The number of quaternary nitrogens is 2. The minimum absolute atomic E-state index is 0.125. The van der Waals surface area contributed by atoms with Crippen LogP contribution in [0.3, 0.4) is 0 Å². The predicted octanol–water partition coefficient (Wildman–Crippen LogP) is -0.699. The van der Waals surface area contributed by atoms with E-state index in [4.69, 9.17) is 5.11 Å². The highest BCUT2D eigenvalue weighted by molar-refractivity contribution is 5.75. The van der Waals surface area contributed by atoms with Crippen LogP contribution in [0, 0.1) is 6.92 Å². The first-order valence-electron chi connectivity index (χ1n) is 6.30. The molecule has 0 saturated heterocycles. The number of carboxylic acid groups (broad SMARTS) is 1. The number of aryl methyl sites for hydroxylation is 1. The Kier molecular flexibility index (Phi) is 3.78. The van der Waals surface area contributed by atoms with E-state index in [1.54, 1.807) is 6.20 Å². The van der Waals surface area contributed by atoms with Gasteiger partial charge in [0.05, 0.1) is 6.54 Å². The number of aliphatic carboxylic acids is 1. The van der Waals surface area contributed by atoms with Crippen LogP contribution in [-0.4, -0.2) is 30.2 Å². The zero-order chi connectivity index (χ0) is 14.0. The molecule has 100 valence electrons. The molecule has 1 aliphatic heterocycles. The third-order valence-electron chi connectivity index (χ3n) is 3.27. The SMILES string of the molecule is CC[NH+]1C(=O)[NH+](CC(=O)O)C=C1c1ccc(C)cc1. The lowest BCUT2D eigenvalue weighted by Crippen LogP contribution is -3.27. The molecule has 0 bridgehead atoms. The Labute approximate surface area is 111 Å². The van der Waals surface area contributed by atoms with Gasteiger partial charge in [-0.1, -0.05) is 17.7 Å². The van der Waals surface area contributed by atoms with Crippen molar-refractivity contribution in [2.75, 3.05) is 13.1 Å². The van der Waals surface area contributed by atoms with Gasteiger partial charge in [-0.15, -0.1) is 0 Å². The summed E-state index contributed by atoms with van der Waals surface area (Å²) in [4.78, 5) is 24.0. The number of urea groups is 1. The monoisotopic (exact) mass is 262 g/mol. The molecule has 0 saturated carbocycles. The fourth-order valence-corrected chi connectivity index (χ4v) is 2.28. The summed E-state index contributed by atoms with van der Waals surface area (Å²) in [5.41, 5.74) is 2.99. The van der Waals surface area contributed by atoms with E-state index in [-0.39, 0.29) is 12.6 Å². The molecule has 0 radical (unpaired) electrons. The summed E-state index contributed by atoms with van der Waals surface area (Å²) in [6.45, 7) is 4.32. The summed E-state index contributed by atoms with van der Waals surface area (Å²) in [7, 11) is 0. The maximum Gasteiger partial charge on any atom is 0.521 e. The normalized spacial score (nSPS) is 22.4. The van der Waals surface area contributed by atoms with Crippen molar-refractivity contribution < 1.29 is 24.5 Å². The number of benzene rings is 1. The number of nitrogens with one attached hydrogen (secondary N) is 2.